The lowest BCUT2D eigenvalue weighted by molar-refractivity contribution is 0.586. The van der Waals surface area contributed by atoms with Crippen LogP contribution in [0.1, 0.15) is 13.8 Å². The van der Waals surface area contributed by atoms with Crippen molar-refractivity contribution >= 4 is 36.8 Å². The molecule has 0 spiro atoms. The molecule has 2 aromatic rings. The molecular weight excluding hydrogens is 306 g/mol. The molecule has 0 saturated heterocycles. The zero-order valence-corrected chi connectivity index (χ0v) is 12.1. The first-order chi connectivity index (χ1) is 7.84. The summed E-state index contributed by atoms with van der Waals surface area (Å²) in [7, 11) is -1.57. The molecule has 0 radical (unpaired) electrons. The molecule has 17 heavy (non-hydrogen) atoms. The number of hydrogen-bond donors (Lipinski definition) is 0. The van der Waals surface area contributed by atoms with E-state index in [2.05, 4.69) is 26.0 Å². The van der Waals surface area contributed by atoms with Gasteiger partial charge in [-0.15, -0.1) is 0 Å². The van der Waals surface area contributed by atoms with Crippen LogP contribution in [0.2, 0.25) is 0 Å². The molecule has 0 aliphatic carbocycles. The van der Waals surface area contributed by atoms with Gasteiger partial charge < -0.3 is 0 Å². The average molecular weight is 318 g/mol. The minimum Gasteiger partial charge on any atom is -0.250 e. The second-order valence-corrected chi connectivity index (χ2v) is 7.28. The quantitative estimate of drug-likeness (QED) is 0.794. The van der Waals surface area contributed by atoms with Gasteiger partial charge in [0.2, 0.25) is 0 Å². The standard InChI is InChI=1S/C10H12BrN3O2S/c1-6(2)17(15,16)8-4-7-5-12-14(3)10(7)13-9(8)11/h4-6H,1-3H3. The molecule has 0 saturated carbocycles. The van der Waals surface area contributed by atoms with Crippen molar-refractivity contribution in [2.75, 3.05) is 0 Å². The fourth-order valence-electron chi connectivity index (χ4n) is 1.49. The summed E-state index contributed by atoms with van der Waals surface area (Å²) >= 11 is 3.21. The maximum absolute atomic E-state index is 12.1. The first-order valence-electron chi connectivity index (χ1n) is 5.06. The molecule has 5 nitrogen and oxygen atoms in total. The fraction of sp³-hybridized carbons (Fsp3) is 0.400. The normalized spacial score (nSPS) is 12.5. The minimum absolute atomic E-state index is 0.216. The average Bonchev–Trinajstić information content (AvgIpc) is 2.59. The molecule has 0 fully saturated rings. The Bertz CT molecular complexity index is 676. The Balaban J connectivity index is 2.76. The van der Waals surface area contributed by atoms with Crippen LogP contribution in [0.15, 0.2) is 21.8 Å². The first-order valence-corrected chi connectivity index (χ1v) is 7.40. The lowest BCUT2D eigenvalue weighted by Crippen LogP contribution is -2.15. The third-order valence-corrected chi connectivity index (χ3v) is 5.59. The SMILES string of the molecule is CC(C)S(=O)(=O)c1cc2cnn(C)c2nc1Br. The number of fused-ring (bicyclic) bond motifs is 1. The third kappa shape index (κ3) is 1.97. The molecule has 0 N–H and O–H groups in total. The number of rotatable bonds is 2. The zero-order chi connectivity index (χ0) is 12.8. The van der Waals surface area contributed by atoms with Gasteiger partial charge >= 0.3 is 0 Å². The highest BCUT2D eigenvalue weighted by atomic mass is 79.9. The summed E-state index contributed by atoms with van der Waals surface area (Å²) in [4.78, 5) is 4.44. The van der Waals surface area contributed by atoms with Crippen molar-refractivity contribution in [3.8, 4) is 0 Å². The van der Waals surface area contributed by atoms with E-state index >= 15 is 0 Å². The maximum atomic E-state index is 12.1. The van der Waals surface area contributed by atoms with E-state index in [4.69, 9.17) is 0 Å². The van der Waals surface area contributed by atoms with Gasteiger partial charge in [-0.2, -0.15) is 5.10 Å². The van der Waals surface area contributed by atoms with Gasteiger partial charge in [0.1, 0.15) is 9.50 Å². The van der Waals surface area contributed by atoms with E-state index in [1.807, 2.05) is 0 Å². The van der Waals surface area contributed by atoms with Gasteiger partial charge in [-0.05, 0) is 35.8 Å². The van der Waals surface area contributed by atoms with Gasteiger partial charge in [-0.25, -0.2) is 13.4 Å². The van der Waals surface area contributed by atoms with Gasteiger partial charge in [0.05, 0.1) is 11.4 Å². The molecule has 2 heterocycles. The van der Waals surface area contributed by atoms with Crippen LogP contribution >= 0.6 is 15.9 Å². The summed E-state index contributed by atoms with van der Waals surface area (Å²) in [5.41, 5.74) is 0.652. The summed E-state index contributed by atoms with van der Waals surface area (Å²) in [5.74, 6) is 0. The van der Waals surface area contributed by atoms with Crippen LogP contribution in [0, 0.1) is 0 Å². The topological polar surface area (TPSA) is 64.8 Å². The van der Waals surface area contributed by atoms with Crippen LogP contribution in [0.3, 0.4) is 0 Å². The molecule has 7 heteroatoms. The van der Waals surface area contributed by atoms with E-state index in [1.54, 1.807) is 37.8 Å². The van der Waals surface area contributed by atoms with Crippen molar-refractivity contribution in [2.45, 2.75) is 24.0 Å². The number of aromatic nitrogens is 3. The van der Waals surface area contributed by atoms with E-state index in [9.17, 15) is 8.42 Å². The Morgan fingerprint density at radius 3 is 2.65 bits per heavy atom. The first kappa shape index (κ1) is 12.5. The molecular formula is C10H12BrN3O2S. The van der Waals surface area contributed by atoms with Crippen LogP contribution in [0.5, 0.6) is 0 Å². The summed E-state index contributed by atoms with van der Waals surface area (Å²) in [6.45, 7) is 3.30. The van der Waals surface area contributed by atoms with E-state index in [-0.39, 0.29) is 4.90 Å². The smallest absolute Gasteiger partial charge is 0.183 e. The van der Waals surface area contributed by atoms with Crippen molar-refractivity contribution in [3.05, 3.63) is 16.9 Å². The molecule has 0 aromatic carbocycles. The molecule has 0 amide bonds. The van der Waals surface area contributed by atoms with Crippen LogP contribution in [-0.2, 0) is 16.9 Å². The van der Waals surface area contributed by atoms with Crippen molar-refractivity contribution < 1.29 is 8.42 Å². The van der Waals surface area contributed by atoms with Crippen LogP contribution in [0.4, 0.5) is 0 Å². The molecule has 0 unspecified atom stereocenters. The van der Waals surface area contributed by atoms with Gasteiger partial charge in [0.15, 0.2) is 15.5 Å². The zero-order valence-electron chi connectivity index (χ0n) is 9.68. The van der Waals surface area contributed by atoms with E-state index < -0.39 is 15.1 Å². The Kier molecular flexibility index (Phi) is 2.99. The highest BCUT2D eigenvalue weighted by molar-refractivity contribution is 9.10. The van der Waals surface area contributed by atoms with E-state index in [1.165, 1.54) is 0 Å². The number of halogens is 1. The highest BCUT2D eigenvalue weighted by Gasteiger charge is 2.24. The highest BCUT2D eigenvalue weighted by Crippen LogP contribution is 2.27. The van der Waals surface area contributed by atoms with Crippen LogP contribution < -0.4 is 0 Å². The molecule has 2 rings (SSSR count). The van der Waals surface area contributed by atoms with Gasteiger partial charge in [-0.3, -0.25) is 4.68 Å². The summed E-state index contributed by atoms with van der Waals surface area (Å²) in [6, 6.07) is 1.61. The molecule has 2 aromatic heterocycles. The fourth-order valence-corrected chi connectivity index (χ4v) is 3.53. The van der Waals surface area contributed by atoms with Gasteiger partial charge in [0, 0.05) is 12.4 Å². The molecule has 0 aliphatic heterocycles. The summed E-state index contributed by atoms with van der Waals surface area (Å²) < 4.78 is 26.2. The largest absolute Gasteiger partial charge is 0.250 e. The summed E-state index contributed by atoms with van der Waals surface area (Å²) in [6.07, 6.45) is 1.61. The maximum Gasteiger partial charge on any atom is 0.183 e. The van der Waals surface area contributed by atoms with Crippen LogP contribution in [0.25, 0.3) is 11.0 Å². The van der Waals surface area contributed by atoms with E-state index in [0.29, 0.717) is 10.3 Å². The molecule has 0 atom stereocenters. The second kappa shape index (κ2) is 4.06. The number of nitrogens with zero attached hydrogens (tertiary/aromatic N) is 3. The lowest BCUT2D eigenvalue weighted by Gasteiger charge is -2.09. The Hall–Kier alpha value is -0.950. The van der Waals surface area contributed by atoms with Crippen LogP contribution in [-0.4, -0.2) is 28.4 Å². The Labute approximate surface area is 108 Å². The number of aryl methyl sites for hydroxylation is 1. The number of hydrogen-bond acceptors (Lipinski definition) is 4. The van der Waals surface area contributed by atoms with Crippen molar-refractivity contribution in [3.63, 3.8) is 0 Å². The molecule has 0 bridgehead atoms. The Morgan fingerprint density at radius 2 is 2.06 bits per heavy atom. The monoisotopic (exact) mass is 317 g/mol. The van der Waals surface area contributed by atoms with E-state index in [0.717, 1.165) is 5.39 Å². The predicted octanol–water partition coefficient (Wildman–Crippen LogP) is 1.91. The van der Waals surface area contributed by atoms with Crippen molar-refractivity contribution in [1.82, 2.24) is 14.8 Å². The minimum atomic E-state index is -3.34. The van der Waals surface area contributed by atoms with Crippen molar-refractivity contribution in [1.29, 1.82) is 0 Å². The summed E-state index contributed by atoms with van der Waals surface area (Å²) in [5, 5.41) is 4.28. The predicted molar refractivity (Wildman–Crippen MR) is 68.5 cm³/mol. The van der Waals surface area contributed by atoms with Gasteiger partial charge in [-0.1, -0.05) is 0 Å². The Morgan fingerprint density at radius 1 is 1.41 bits per heavy atom. The third-order valence-electron chi connectivity index (χ3n) is 2.56. The molecule has 92 valence electrons. The number of sulfone groups is 1. The second-order valence-electron chi connectivity index (χ2n) is 4.05. The molecule has 0 aliphatic rings. The number of pyridine rings is 1. The lowest BCUT2D eigenvalue weighted by atomic mass is 10.4. The van der Waals surface area contributed by atoms with Gasteiger partial charge in [0.25, 0.3) is 0 Å². The van der Waals surface area contributed by atoms with Crippen molar-refractivity contribution in [2.24, 2.45) is 7.05 Å².